The lowest BCUT2D eigenvalue weighted by atomic mass is 10.1. The molecule has 0 aliphatic heterocycles. The Morgan fingerprint density at radius 1 is 0.962 bits per heavy atom. The minimum atomic E-state index is -0.173. The molecule has 0 spiro atoms. The van der Waals surface area contributed by atoms with E-state index in [9.17, 15) is 4.79 Å². The molecule has 0 aliphatic carbocycles. The van der Waals surface area contributed by atoms with Crippen molar-refractivity contribution in [1.29, 1.82) is 0 Å². The number of benzene rings is 3. The topological polar surface area (TPSA) is 47.6 Å². The number of carbonyl (C=O) groups excluding carboxylic acids is 1. The lowest BCUT2D eigenvalue weighted by Gasteiger charge is -2.10. The monoisotopic (exact) mass is 413 g/mol. The van der Waals surface area contributed by atoms with Gasteiger partial charge in [-0.1, -0.05) is 46.3 Å². The van der Waals surface area contributed by atoms with Crippen molar-refractivity contribution in [1.82, 2.24) is 5.32 Å². The molecule has 0 fully saturated rings. The van der Waals surface area contributed by atoms with Crippen molar-refractivity contribution in [3.8, 4) is 11.5 Å². The number of fused-ring (bicyclic) bond motifs is 1. The fraction of sp³-hybridized carbons (Fsp3) is 0.190. The lowest BCUT2D eigenvalue weighted by molar-refractivity contribution is -0.123. The average Bonchev–Trinajstić information content (AvgIpc) is 2.66. The Kier molecular flexibility index (Phi) is 6.12. The summed E-state index contributed by atoms with van der Waals surface area (Å²) in [5, 5.41) is 5.09. The molecule has 3 aromatic rings. The zero-order valence-electron chi connectivity index (χ0n) is 14.5. The molecule has 0 aliphatic rings. The Hall–Kier alpha value is -2.53. The first-order valence-corrected chi connectivity index (χ1v) is 9.18. The normalized spacial score (nSPS) is 10.5. The van der Waals surface area contributed by atoms with Crippen molar-refractivity contribution in [2.45, 2.75) is 6.92 Å². The second-order valence-electron chi connectivity index (χ2n) is 5.91. The Morgan fingerprint density at radius 3 is 2.50 bits per heavy atom. The molecular formula is C21H20BrNO3. The van der Waals surface area contributed by atoms with Gasteiger partial charge < -0.3 is 14.8 Å². The Morgan fingerprint density at radius 2 is 1.69 bits per heavy atom. The fourth-order valence-electron chi connectivity index (χ4n) is 2.52. The van der Waals surface area contributed by atoms with Gasteiger partial charge in [0.15, 0.2) is 6.61 Å². The number of nitrogens with one attached hydrogen (secondary N) is 1. The van der Waals surface area contributed by atoms with Crippen molar-refractivity contribution >= 4 is 32.6 Å². The van der Waals surface area contributed by atoms with Crippen LogP contribution in [0.15, 0.2) is 65.1 Å². The minimum Gasteiger partial charge on any atom is -0.492 e. The van der Waals surface area contributed by atoms with Crippen LogP contribution in [-0.4, -0.2) is 25.7 Å². The average molecular weight is 414 g/mol. The molecule has 0 unspecified atom stereocenters. The third-order valence-corrected chi connectivity index (χ3v) is 4.80. The summed E-state index contributed by atoms with van der Waals surface area (Å²) in [6.07, 6.45) is 0. The molecule has 0 saturated heterocycles. The summed E-state index contributed by atoms with van der Waals surface area (Å²) in [5.74, 6) is 1.29. The SMILES string of the molecule is Cc1cc(OCC(=O)NCCOc2ccc3ccccc3c2)ccc1Br. The van der Waals surface area contributed by atoms with Crippen molar-refractivity contribution < 1.29 is 14.3 Å². The number of rotatable bonds is 7. The molecule has 0 heterocycles. The number of carbonyl (C=O) groups is 1. The van der Waals surface area contributed by atoms with E-state index in [2.05, 4.69) is 27.3 Å². The van der Waals surface area contributed by atoms with Crippen LogP contribution < -0.4 is 14.8 Å². The highest BCUT2D eigenvalue weighted by Crippen LogP contribution is 2.22. The smallest absolute Gasteiger partial charge is 0.258 e. The second-order valence-corrected chi connectivity index (χ2v) is 6.76. The summed E-state index contributed by atoms with van der Waals surface area (Å²) in [4.78, 5) is 11.9. The van der Waals surface area contributed by atoms with E-state index in [0.717, 1.165) is 21.2 Å². The molecule has 4 nitrogen and oxygen atoms in total. The Bertz CT molecular complexity index is 911. The maximum Gasteiger partial charge on any atom is 0.258 e. The molecule has 0 atom stereocenters. The number of halogens is 1. The van der Waals surface area contributed by atoms with Gasteiger partial charge in [0.2, 0.25) is 0 Å². The Balaban J connectivity index is 1.39. The predicted molar refractivity (Wildman–Crippen MR) is 107 cm³/mol. The molecule has 0 bridgehead atoms. The molecule has 5 heteroatoms. The first-order chi connectivity index (χ1) is 12.6. The van der Waals surface area contributed by atoms with Gasteiger partial charge in [-0.05, 0) is 53.6 Å². The van der Waals surface area contributed by atoms with Gasteiger partial charge in [0.1, 0.15) is 18.1 Å². The summed E-state index contributed by atoms with van der Waals surface area (Å²) in [6.45, 7) is 2.79. The third kappa shape index (κ3) is 4.99. The van der Waals surface area contributed by atoms with E-state index in [1.807, 2.05) is 61.5 Å². The van der Waals surface area contributed by atoms with E-state index in [4.69, 9.17) is 9.47 Å². The zero-order valence-corrected chi connectivity index (χ0v) is 16.1. The Labute approximate surface area is 161 Å². The van der Waals surface area contributed by atoms with Gasteiger partial charge in [-0.15, -0.1) is 0 Å². The summed E-state index contributed by atoms with van der Waals surface area (Å²) >= 11 is 3.44. The molecule has 1 N–H and O–H groups in total. The lowest BCUT2D eigenvalue weighted by Crippen LogP contribution is -2.32. The van der Waals surface area contributed by atoms with E-state index in [1.54, 1.807) is 0 Å². The van der Waals surface area contributed by atoms with Crippen LogP contribution in [0.25, 0.3) is 10.8 Å². The quantitative estimate of drug-likeness (QED) is 0.580. The van der Waals surface area contributed by atoms with Crippen LogP contribution in [0, 0.1) is 6.92 Å². The van der Waals surface area contributed by atoms with Crippen molar-refractivity contribution in [3.05, 3.63) is 70.7 Å². The second kappa shape index (κ2) is 8.72. The first-order valence-electron chi connectivity index (χ1n) is 8.39. The van der Waals surface area contributed by atoms with Gasteiger partial charge in [-0.2, -0.15) is 0 Å². The maximum atomic E-state index is 11.9. The number of hydrogen-bond acceptors (Lipinski definition) is 3. The number of ether oxygens (including phenoxy) is 2. The van der Waals surface area contributed by atoms with Crippen LogP contribution in [0.5, 0.6) is 11.5 Å². The van der Waals surface area contributed by atoms with E-state index in [0.29, 0.717) is 18.9 Å². The van der Waals surface area contributed by atoms with Crippen molar-refractivity contribution in [3.63, 3.8) is 0 Å². The zero-order chi connectivity index (χ0) is 18.4. The van der Waals surface area contributed by atoms with Crippen LogP contribution >= 0.6 is 15.9 Å². The summed E-state index contributed by atoms with van der Waals surface area (Å²) in [6, 6.07) is 19.7. The molecular weight excluding hydrogens is 394 g/mol. The molecule has 0 saturated carbocycles. The van der Waals surface area contributed by atoms with Crippen LogP contribution in [-0.2, 0) is 4.79 Å². The number of amides is 1. The molecule has 0 aromatic heterocycles. The van der Waals surface area contributed by atoms with Gasteiger partial charge in [-0.25, -0.2) is 0 Å². The van der Waals surface area contributed by atoms with Gasteiger partial charge >= 0.3 is 0 Å². The van der Waals surface area contributed by atoms with Gasteiger partial charge in [0.25, 0.3) is 5.91 Å². The highest BCUT2D eigenvalue weighted by Gasteiger charge is 2.04. The molecule has 1 amide bonds. The predicted octanol–water partition coefficient (Wildman–Crippen LogP) is 4.48. The standard InChI is InChI=1S/C21H20BrNO3/c1-15-12-18(8-9-20(15)22)26-14-21(24)23-10-11-25-19-7-6-16-4-2-3-5-17(16)13-19/h2-9,12-13H,10-11,14H2,1H3,(H,23,24). The highest BCUT2D eigenvalue weighted by molar-refractivity contribution is 9.10. The minimum absolute atomic E-state index is 0.0168. The van der Waals surface area contributed by atoms with E-state index >= 15 is 0 Å². The van der Waals surface area contributed by atoms with Crippen LogP contribution in [0.4, 0.5) is 0 Å². The van der Waals surface area contributed by atoms with E-state index in [1.165, 1.54) is 5.39 Å². The number of aryl methyl sites for hydroxylation is 1. The van der Waals surface area contributed by atoms with Crippen LogP contribution in [0.3, 0.4) is 0 Å². The van der Waals surface area contributed by atoms with Crippen LogP contribution in [0.1, 0.15) is 5.56 Å². The van der Waals surface area contributed by atoms with Gasteiger partial charge in [0.05, 0.1) is 6.54 Å². The molecule has 26 heavy (non-hydrogen) atoms. The van der Waals surface area contributed by atoms with E-state index < -0.39 is 0 Å². The highest BCUT2D eigenvalue weighted by atomic mass is 79.9. The van der Waals surface area contributed by atoms with Crippen molar-refractivity contribution in [2.24, 2.45) is 0 Å². The summed E-state index contributed by atoms with van der Waals surface area (Å²) in [7, 11) is 0. The molecule has 134 valence electrons. The third-order valence-electron chi connectivity index (χ3n) is 3.91. The van der Waals surface area contributed by atoms with Gasteiger partial charge in [-0.3, -0.25) is 4.79 Å². The molecule has 3 aromatic carbocycles. The first kappa shape index (κ1) is 18.3. The largest absolute Gasteiger partial charge is 0.492 e. The van der Waals surface area contributed by atoms with E-state index in [-0.39, 0.29) is 12.5 Å². The fourth-order valence-corrected chi connectivity index (χ4v) is 2.77. The van der Waals surface area contributed by atoms with Gasteiger partial charge in [0, 0.05) is 4.47 Å². The molecule has 0 radical (unpaired) electrons. The number of hydrogen-bond donors (Lipinski definition) is 1. The summed E-state index contributed by atoms with van der Waals surface area (Å²) in [5.41, 5.74) is 1.06. The maximum absolute atomic E-state index is 11.9. The summed E-state index contributed by atoms with van der Waals surface area (Å²) < 4.78 is 12.2. The van der Waals surface area contributed by atoms with Crippen molar-refractivity contribution in [2.75, 3.05) is 19.8 Å². The molecule has 3 rings (SSSR count). The van der Waals surface area contributed by atoms with Crippen LogP contribution in [0.2, 0.25) is 0 Å².